The molecular formula is C27H28N4O2. The smallest absolute Gasteiger partial charge is 0.177 e. The molecule has 0 bridgehead atoms. The first-order chi connectivity index (χ1) is 16.1. The minimum absolute atomic E-state index is 0.169. The van der Waals surface area contributed by atoms with E-state index in [-0.39, 0.29) is 29.7 Å². The Morgan fingerprint density at radius 1 is 0.879 bits per heavy atom. The third-order valence-corrected chi connectivity index (χ3v) is 6.56. The molecule has 0 saturated carbocycles. The second-order valence-electron chi connectivity index (χ2n) is 8.69. The Labute approximate surface area is 193 Å². The quantitative estimate of drug-likeness (QED) is 0.453. The van der Waals surface area contributed by atoms with Crippen LogP contribution >= 0.6 is 0 Å². The average molecular weight is 441 g/mol. The van der Waals surface area contributed by atoms with Crippen molar-refractivity contribution in [2.24, 2.45) is 11.8 Å². The van der Waals surface area contributed by atoms with Gasteiger partial charge in [0.15, 0.2) is 5.65 Å². The van der Waals surface area contributed by atoms with Crippen LogP contribution in [0.3, 0.4) is 0 Å². The Bertz CT molecular complexity index is 1140. The van der Waals surface area contributed by atoms with Crippen molar-refractivity contribution in [2.75, 3.05) is 6.61 Å². The van der Waals surface area contributed by atoms with Crippen molar-refractivity contribution in [3.63, 3.8) is 0 Å². The summed E-state index contributed by atoms with van der Waals surface area (Å²) < 4.78 is 0. The van der Waals surface area contributed by atoms with Gasteiger partial charge in [-0.25, -0.2) is 9.97 Å². The number of pyridine rings is 1. The fraction of sp³-hybridized carbons (Fsp3) is 0.296. The summed E-state index contributed by atoms with van der Waals surface area (Å²) in [4.78, 5) is 32.0. The molecule has 4 aromatic rings. The molecule has 5 rings (SSSR count). The SMILES string of the molecule is CC1C(=O)C(C)C(c2ccccc2)N(OCCc2nc3ncccc3[nH]2)C1c1ccccc1. The van der Waals surface area contributed by atoms with E-state index in [0.29, 0.717) is 18.7 Å². The van der Waals surface area contributed by atoms with Crippen LogP contribution in [-0.2, 0) is 16.1 Å². The normalized spacial score (nSPS) is 23.8. The Balaban J connectivity index is 1.45. The second-order valence-corrected chi connectivity index (χ2v) is 8.69. The van der Waals surface area contributed by atoms with Gasteiger partial charge in [-0.2, -0.15) is 5.06 Å². The molecule has 1 aliphatic rings. The number of aromatic nitrogens is 3. The van der Waals surface area contributed by atoms with Crippen LogP contribution in [-0.4, -0.2) is 32.4 Å². The lowest BCUT2D eigenvalue weighted by Gasteiger charge is -2.47. The number of carbonyl (C=O) groups excluding carboxylic acids is 1. The summed E-state index contributed by atoms with van der Waals surface area (Å²) in [6, 6.07) is 23.9. The van der Waals surface area contributed by atoms with Crippen LogP contribution < -0.4 is 0 Å². The molecular weight excluding hydrogens is 412 g/mol. The molecule has 1 saturated heterocycles. The van der Waals surface area contributed by atoms with Gasteiger partial charge in [-0.15, -0.1) is 0 Å². The molecule has 1 aliphatic heterocycles. The van der Waals surface area contributed by atoms with Gasteiger partial charge >= 0.3 is 0 Å². The Hall–Kier alpha value is -3.35. The molecule has 3 heterocycles. The van der Waals surface area contributed by atoms with Gasteiger partial charge < -0.3 is 4.98 Å². The molecule has 0 radical (unpaired) electrons. The van der Waals surface area contributed by atoms with Gasteiger partial charge in [0.25, 0.3) is 0 Å². The number of nitrogens with one attached hydrogen (secondary N) is 1. The van der Waals surface area contributed by atoms with Gasteiger partial charge in [-0.05, 0) is 23.3 Å². The number of Topliss-reactive ketones (excluding diaryl/α,β-unsaturated/α-hetero) is 1. The van der Waals surface area contributed by atoms with Gasteiger partial charge in [0.1, 0.15) is 11.6 Å². The first-order valence-corrected chi connectivity index (χ1v) is 11.5. The molecule has 168 valence electrons. The van der Waals surface area contributed by atoms with E-state index in [1.807, 2.05) is 62.4 Å². The van der Waals surface area contributed by atoms with Crippen molar-refractivity contribution in [2.45, 2.75) is 32.4 Å². The molecule has 0 amide bonds. The summed E-state index contributed by atoms with van der Waals surface area (Å²) in [6.07, 6.45) is 2.36. The topological polar surface area (TPSA) is 71.1 Å². The number of fused-ring (bicyclic) bond motifs is 1. The third kappa shape index (κ3) is 4.19. The van der Waals surface area contributed by atoms with Crippen molar-refractivity contribution in [3.8, 4) is 0 Å². The lowest BCUT2D eigenvalue weighted by atomic mass is 9.76. The fourth-order valence-corrected chi connectivity index (χ4v) is 4.93. The number of carbonyl (C=O) groups is 1. The van der Waals surface area contributed by atoms with E-state index in [9.17, 15) is 4.79 Å². The van der Waals surface area contributed by atoms with Crippen LogP contribution in [0.2, 0.25) is 0 Å². The van der Waals surface area contributed by atoms with Gasteiger partial charge in [-0.3, -0.25) is 9.63 Å². The summed E-state index contributed by atoms with van der Waals surface area (Å²) in [5.41, 5.74) is 3.79. The lowest BCUT2D eigenvalue weighted by Crippen LogP contribution is -2.49. The van der Waals surface area contributed by atoms with Crippen LogP contribution in [0.1, 0.15) is 42.9 Å². The number of hydrogen-bond donors (Lipinski definition) is 1. The minimum Gasteiger partial charge on any atom is -0.341 e. The number of H-pyrrole nitrogens is 1. The highest BCUT2D eigenvalue weighted by molar-refractivity contribution is 5.85. The minimum atomic E-state index is -0.183. The van der Waals surface area contributed by atoms with Gasteiger partial charge in [0, 0.05) is 24.5 Å². The molecule has 2 aromatic heterocycles. The molecule has 4 unspecified atom stereocenters. The fourth-order valence-electron chi connectivity index (χ4n) is 4.93. The summed E-state index contributed by atoms with van der Waals surface area (Å²) >= 11 is 0. The van der Waals surface area contributed by atoms with Crippen molar-refractivity contribution in [1.29, 1.82) is 0 Å². The first kappa shape index (κ1) is 21.5. The summed E-state index contributed by atoms with van der Waals surface area (Å²) in [6.45, 7) is 4.47. The molecule has 0 spiro atoms. The molecule has 1 fully saturated rings. The van der Waals surface area contributed by atoms with E-state index in [0.717, 1.165) is 22.5 Å². The summed E-state index contributed by atoms with van der Waals surface area (Å²) in [7, 11) is 0. The van der Waals surface area contributed by atoms with Crippen LogP contribution in [0.25, 0.3) is 11.2 Å². The largest absolute Gasteiger partial charge is 0.341 e. The van der Waals surface area contributed by atoms with Crippen LogP contribution in [0.5, 0.6) is 0 Å². The number of ketones is 1. The number of nitrogens with zero attached hydrogens (tertiary/aromatic N) is 3. The molecule has 2 aromatic carbocycles. The number of piperidine rings is 1. The third-order valence-electron chi connectivity index (χ3n) is 6.56. The van der Waals surface area contributed by atoms with E-state index in [2.05, 4.69) is 44.3 Å². The lowest BCUT2D eigenvalue weighted by molar-refractivity contribution is -0.246. The Morgan fingerprint density at radius 2 is 1.48 bits per heavy atom. The number of imidazole rings is 1. The number of rotatable bonds is 6. The highest BCUT2D eigenvalue weighted by Gasteiger charge is 2.46. The van der Waals surface area contributed by atoms with E-state index in [1.54, 1.807) is 6.20 Å². The van der Waals surface area contributed by atoms with Crippen molar-refractivity contribution < 1.29 is 9.63 Å². The zero-order chi connectivity index (χ0) is 22.8. The van der Waals surface area contributed by atoms with Gasteiger partial charge in [0.05, 0.1) is 24.2 Å². The molecule has 1 N–H and O–H groups in total. The van der Waals surface area contributed by atoms with Crippen LogP contribution in [0, 0.1) is 11.8 Å². The monoisotopic (exact) mass is 440 g/mol. The van der Waals surface area contributed by atoms with E-state index in [4.69, 9.17) is 4.84 Å². The number of hydroxylamine groups is 2. The Morgan fingerprint density at radius 3 is 2.06 bits per heavy atom. The molecule has 0 aliphatic carbocycles. The van der Waals surface area contributed by atoms with Gasteiger partial charge in [-0.1, -0.05) is 74.5 Å². The maximum absolute atomic E-state index is 13.3. The van der Waals surface area contributed by atoms with Crippen molar-refractivity contribution in [1.82, 2.24) is 20.0 Å². The zero-order valence-corrected chi connectivity index (χ0v) is 18.9. The number of aromatic amines is 1. The summed E-state index contributed by atoms with van der Waals surface area (Å²) in [5, 5.41) is 2.06. The highest BCUT2D eigenvalue weighted by Crippen LogP contribution is 2.46. The average Bonchev–Trinajstić information content (AvgIpc) is 3.27. The number of benzene rings is 2. The van der Waals surface area contributed by atoms with Crippen LogP contribution in [0.15, 0.2) is 79.0 Å². The maximum Gasteiger partial charge on any atom is 0.177 e. The predicted molar refractivity (Wildman–Crippen MR) is 127 cm³/mol. The first-order valence-electron chi connectivity index (χ1n) is 11.5. The van der Waals surface area contributed by atoms with Crippen molar-refractivity contribution >= 4 is 16.9 Å². The van der Waals surface area contributed by atoms with E-state index in [1.165, 1.54) is 0 Å². The second kappa shape index (κ2) is 9.25. The van der Waals surface area contributed by atoms with Crippen molar-refractivity contribution in [3.05, 3.63) is 95.9 Å². The highest BCUT2D eigenvalue weighted by atomic mass is 16.7. The van der Waals surface area contributed by atoms with E-state index >= 15 is 0 Å². The predicted octanol–water partition coefficient (Wildman–Crippen LogP) is 5.07. The standard InChI is InChI=1S/C27H28N4O2/c1-18-24(20-10-5-3-6-11-20)31(25(19(2)26(18)32)21-12-7-4-8-13-21)33-17-15-23-29-22-14-9-16-28-27(22)30-23/h3-14,16,18-19,24-25H,15,17H2,1-2H3,(H,28,29,30). The van der Waals surface area contributed by atoms with E-state index < -0.39 is 0 Å². The number of hydrogen-bond acceptors (Lipinski definition) is 5. The molecule has 4 atom stereocenters. The molecule has 6 heteroatoms. The van der Waals surface area contributed by atoms with Gasteiger partial charge in [0.2, 0.25) is 0 Å². The maximum atomic E-state index is 13.3. The van der Waals surface area contributed by atoms with Crippen LogP contribution in [0.4, 0.5) is 0 Å². The Kier molecular flexibility index (Phi) is 6.03. The zero-order valence-electron chi connectivity index (χ0n) is 18.9. The molecule has 6 nitrogen and oxygen atoms in total. The molecule has 33 heavy (non-hydrogen) atoms. The summed E-state index contributed by atoms with van der Waals surface area (Å²) in [5.74, 6) is 0.738.